The van der Waals surface area contributed by atoms with Gasteiger partial charge in [0.25, 0.3) is 5.91 Å². The van der Waals surface area contributed by atoms with Gasteiger partial charge in [0.15, 0.2) is 5.54 Å². The van der Waals surface area contributed by atoms with E-state index >= 15 is 0 Å². The van der Waals surface area contributed by atoms with Gasteiger partial charge in [-0.1, -0.05) is 18.2 Å². The summed E-state index contributed by atoms with van der Waals surface area (Å²) in [5, 5.41) is 0. The molecule has 0 fully saturated rings. The Kier molecular flexibility index (Phi) is 3.93. The number of hydrogen-bond donors (Lipinski definition) is 0. The zero-order valence-corrected chi connectivity index (χ0v) is 16.8. The zero-order chi connectivity index (χ0) is 20.3. The summed E-state index contributed by atoms with van der Waals surface area (Å²) in [5.41, 5.74) is 1.30. The maximum Gasteiger partial charge on any atom is 0.416 e. The number of fused-ring (bicyclic) bond motifs is 3. The van der Waals surface area contributed by atoms with E-state index in [4.69, 9.17) is 9.47 Å². The zero-order valence-electron chi connectivity index (χ0n) is 16.8. The van der Waals surface area contributed by atoms with E-state index in [0.717, 1.165) is 16.8 Å². The highest BCUT2D eigenvalue weighted by molar-refractivity contribution is 6.15. The molecule has 0 N–H and O–H groups in total. The molecule has 28 heavy (non-hydrogen) atoms. The van der Waals surface area contributed by atoms with Crippen LogP contribution in [0.1, 0.15) is 31.9 Å². The number of carbonyl (C=O) groups is 2. The minimum atomic E-state index is -1.18. The van der Waals surface area contributed by atoms with Crippen molar-refractivity contribution in [1.29, 1.82) is 0 Å². The number of carbonyl (C=O) groups excluding carboxylic acids is 2. The summed E-state index contributed by atoms with van der Waals surface area (Å²) >= 11 is 0. The van der Waals surface area contributed by atoms with Gasteiger partial charge in [-0.05, 0) is 50.6 Å². The van der Waals surface area contributed by atoms with Crippen molar-refractivity contribution < 1.29 is 19.1 Å². The van der Waals surface area contributed by atoms with Crippen LogP contribution in [-0.2, 0) is 21.5 Å². The first-order valence-electron chi connectivity index (χ1n) is 9.27. The average molecular weight is 380 g/mol. The van der Waals surface area contributed by atoms with Gasteiger partial charge in [-0.2, -0.15) is 0 Å². The highest BCUT2D eigenvalue weighted by Gasteiger charge is 2.60. The van der Waals surface area contributed by atoms with Gasteiger partial charge in [-0.25, -0.2) is 4.79 Å². The van der Waals surface area contributed by atoms with Crippen LogP contribution in [0.3, 0.4) is 0 Å². The van der Waals surface area contributed by atoms with Crippen LogP contribution in [0.25, 0.3) is 0 Å². The standard InChI is InChI=1S/C22H24N2O4/c1-21(2,3)28-20(26)24-17-9-7-6-8-14(17)13-22(24)16-12-15(27-5)10-11-18(16)23(4)19(22)25/h6-12H,13H2,1-5H3. The molecule has 0 saturated carbocycles. The van der Waals surface area contributed by atoms with Crippen molar-refractivity contribution in [3.8, 4) is 5.75 Å². The number of para-hydroxylation sites is 1. The van der Waals surface area contributed by atoms with Crippen molar-refractivity contribution in [2.24, 2.45) is 0 Å². The first kappa shape index (κ1) is 18.3. The lowest BCUT2D eigenvalue weighted by Gasteiger charge is -2.35. The lowest BCUT2D eigenvalue weighted by Crippen LogP contribution is -2.54. The Morgan fingerprint density at radius 2 is 1.82 bits per heavy atom. The van der Waals surface area contributed by atoms with Crippen molar-refractivity contribution >= 4 is 23.4 Å². The second kappa shape index (κ2) is 5.99. The molecule has 0 saturated heterocycles. The molecule has 146 valence electrons. The summed E-state index contributed by atoms with van der Waals surface area (Å²) in [7, 11) is 3.32. The maximum absolute atomic E-state index is 13.6. The molecule has 2 aliphatic heterocycles. The lowest BCUT2D eigenvalue weighted by molar-refractivity contribution is -0.122. The third-order valence-corrected chi connectivity index (χ3v) is 5.31. The summed E-state index contributed by atoms with van der Waals surface area (Å²) in [6, 6.07) is 13.1. The third-order valence-electron chi connectivity index (χ3n) is 5.31. The highest BCUT2D eigenvalue weighted by Crippen LogP contribution is 2.53. The van der Waals surface area contributed by atoms with Crippen molar-refractivity contribution in [2.75, 3.05) is 24.0 Å². The van der Waals surface area contributed by atoms with Crippen LogP contribution < -0.4 is 14.5 Å². The molecule has 2 aromatic rings. The number of methoxy groups -OCH3 is 1. The average Bonchev–Trinajstić information content (AvgIpc) is 3.09. The van der Waals surface area contributed by atoms with Crippen molar-refractivity contribution in [2.45, 2.75) is 38.3 Å². The van der Waals surface area contributed by atoms with E-state index in [1.807, 2.05) is 63.2 Å². The molecule has 0 aliphatic carbocycles. The molecule has 0 aromatic heterocycles. The van der Waals surface area contributed by atoms with Gasteiger partial charge >= 0.3 is 6.09 Å². The number of amides is 2. The van der Waals surface area contributed by atoms with Crippen LogP contribution in [0, 0.1) is 0 Å². The van der Waals surface area contributed by atoms with E-state index in [2.05, 4.69) is 0 Å². The fourth-order valence-corrected chi connectivity index (χ4v) is 4.16. The van der Waals surface area contributed by atoms with Crippen molar-refractivity contribution in [1.82, 2.24) is 0 Å². The fourth-order valence-electron chi connectivity index (χ4n) is 4.16. The predicted octanol–water partition coefficient (Wildman–Crippen LogP) is 3.86. The second-order valence-electron chi connectivity index (χ2n) is 8.23. The quantitative estimate of drug-likeness (QED) is 0.754. The first-order chi connectivity index (χ1) is 13.2. The normalized spacial score (nSPS) is 20.4. The number of rotatable bonds is 1. The van der Waals surface area contributed by atoms with Crippen molar-refractivity contribution in [3.05, 3.63) is 53.6 Å². The minimum absolute atomic E-state index is 0.155. The van der Waals surface area contributed by atoms with E-state index in [1.165, 1.54) is 4.90 Å². The van der Waals surface area contributed by atoms with Crippen LogP contribution in [0.15, 0.2) is 42.5 Å². The number of likely N-dealkylation sites (N-methyl/N-ethyl adjacent to an activating group) is 1. The minimum Gasteiger partial charge on any atom is -0.497 e. The van der Waals surface area contributed by atoms with E-state index in [1.54, 1.807) is 19.1 Å². The van der Waals surface area contributed by atoms with E-state index < -0.39 is 17.2 Å². The largest absolute Gasteiger partial charge is 0.497 e. The van der Waals surface area contributed by atoms with Gasteiger partial charge in [0.2, 0.25) is 0 Å². The summed E-state index contributed by atoms with van der Waals surface area (Å²) in [6.45, 7) is 5.46. The summed E-state index contributed by atoms with van der Waals surface area (Å²) in [5.74, 6) is 0.485. The predicted molar refractivity (Wildman–Crippen MR) is 107 cm³/mol. The van der Waals surface area contributed by atoms with E-state index in [9.17, 15) is 9.59 Å². The van der Waals surface area contributed by atoms with Crippen LogP contribution in [0.5, 0.6) is 5.75 Å². The molecule has 6 heteroatoms. The number of ether oxygens (including phenoxy) is 2. The van der Waals surface area contributed by atoms with Gasteiger partial charge in [0, 0.05) is 24.7 Å². The molecule has 1 unspecified atom stereocenters. The molecule has 0 bridgehead atoms. The molecule has 1 atom stereocenters. The Morgan fingerprint density at radius 3 is 2.50 bits per heavy atom. The Hall–Kier alpha value is -3.02. The number of hydrogen-bond acceptors (Lipinski definition) is 4. The molecule has 6 nitrogen and oxygen atoms in total. The summed E-state index contributed by atoms with van der Waals surface area (Å²) < 4.78 is 11.1. The Bertz CT molecular complexity index is 979. The molecular weight excluding hydrogens is 356 g/mol. The van der Waals surface area contributed by atoms with E-state index in [0.29, 0.717) is 17.9 Å². The number of nitrogens with zero attached hydrogens (tertiary/aromatic N) is 2. The molecule has 2 heterocycles. The SMILES string of the molecule is COc1ccc2c(c1)C1(Cc3ccccc3N1C(=O)OC(C)(C)C)C(=O)N2C. The van der Waals surface area contributed by atoms with Crippen LogP contribution >= 0.6 is 0 Å². The second-order valence-corrected chi connectivity index (χ2v) is 8.23. The van der Waals surface area contributed by atoms with Crippen LogP contribution in [0.4, 0.5) is 16.2 Å². The smallest absolute Gasteiger partial charge is 0.416 e. The topological polar surface area (TPSA) is 59.1 Å². The first-order valence-corrected chi connectivity index (χ1v) is 9.27. The Morgan fingerprint density at radius 1 is 1.11 bits per heavy atom. The Labute approximate surface area is 164 Å². The molecule has 2 aromatic carbocycles. The van der Waals surface area contributed by atoms with Gasteiger partial charge in [-0.3, -0.25) is 9.69 Å². The molecule has 2 amide bonds. The fraction of sp³-hybridized carbons (Fsp3) is 0.364. The molecule has 2 aliphatic rings. The lowest BCUT2D eigenvalue weighted by atomic mass is 9.87. The Balaban J connectivity index is 1.95. The monoisotopic (exact) mass is 380 g/mol. The van der Waals surface area contributed by atoms with Gasteiger partial charge in [0.1, 0.15) is 11.4 Å². The van der Waals surface area contributed by atoms with Crippen LogP contribution in [0.2, 0.25) is 0 Å². The number of benzene rings is 2. The molecule has 4 rings (SSSR count). The maximum atomic E-state index is 13.6. The van der Waals surface area contributed by atoms with E-state index in [-0.39, 0.29) is 5.91 Å². The summed E-state index contributed by atoms with van der Waals surface area (Å²) in [6.07, 6.45) is -0.138. The van der Waals surface area contributed by atoms with Crippen LogP contribution in [-0.4, -0.2) is 31.8 Å². The highest BCUT2D eigenvalue weighted by atomic mass is 16.6. The van der Waals surface area contributed by atoms with Gasteiger partial charge < -0.3 is 14.4 Å². The number of anilines is 2. The molecule has 1 spiro atoms. The van der Waals surface area contributed by atoms with Gasteiger partial charge in [-0.15, -0.1) is 0 Å². The third kappa shape index (κ3) is 2.47. The van der Waals surface area contributed by atoms with Crippen molar-refractivity contribution in [3.63, 3.8) is 0 Å². The molecular formula is C22H24N2O4. The summed E-state index contributed by atoms with van der Waals surface area (Å²) in [4.78, 5) is 30.0. The van der Waals surface area contributed by atoms with Gasteiger partial charge in [0.05, 0.1) is 12.8 Å². The molecule has 0 radical (unpaired) electrons.